The Morgan fingerprint density at radius 2 is 1.53 bits per heavy atom. The number of carbonyl (C=O) groups excluding carboxylic acids is 1. The summed E-state index contributed by atoms with van der Waals surface area (Å²) in [7, 11) is 2.02. The lowest BCUT2D eigenvalue weighted by Gasteiger charge is -2.35. The zero-order valence-corrected chi connectivity index (χ0v) is 24.2. The van der Waals surface area contributed by atoms with E-state index in [1.807, 2.05) is 39.8 Å². The minimum absolute atomic E-state index is 0.0799. The van der Waals surface area contributed by atoms with Crippen molar-refractivity contribution in [1.29, 1.82) is 0 Å². The van der Waals surface area contributed by atoms with Crippen molar-refractivity contribution in [3.8, 4) is 0 Å². The summed E-state index contributed by atoms with van der Waals surface area (Å²) in [6.07, 6.45) is 3.02. The monoisotopic (exact) mass is 484 g/mol. The molecule has 0 aliphatic carbocycles. The first-order valence-electron chi connectivity index (χ1n) is 12.9. The molecule has 0 saturated carbocycles. The van der Waals surface area contributed by atoms with Gasteiger partial charge in [0.25, 0.3) is 0 Å². The maximum Gasteiger partial charge on any atom is 0.220 e. The van der Waals surface area contributed by atoms with Gasteiger partial charge in [0.2, 0.25) is 5.91 Å². The highest BCUT2D eigenvalue weighted by Gasteiger charge is 2.28. The molecule has 0 aromatic carbocycles. The molecule has 3 N–H and O–H groups in total. The molecule has 0 heterocycles. The quantitative estimate of drug-likeness (QED) is 0.183. The van der Waals surface area contributed by atoms with Gasteiger partial charge in [-0.15, -0.1) is 0 Å². The summed E-state index contributed by atoms with van der Waals surface area (Å²) in [4.78, 5) is 11.9. The van der Waals surface area contributed by atoms with Crippen LogP contribution in [0, 0.1) is 5.41 Å². The van der Waals surface area contributed by atoms with Gasteiger partial charge < -0.3 is 25.5 Å². The SMILES string of the molecule is C=C(NN(C)CCCOC(C)(C)CCC(=O)NC(C)C)C(C)(C)COC(C)(C)CCNC(C)C. The molecular weight excluding hydrogens is 428 g/mol. The first-order valence-corrected chi connectivity index (χ1v) is 12.9. The molecular formula is C27H56N4O3. The topological polar surface area (TPSA) is 74.9 Å². The largest absolute Gasteiger partial charge is 0.376 e. The van der Waals surface area contributed by atoms with Crippen LogP contribution >= 0.6 is 0 Å². The van der Waals surface area contributed by atoms with Crippen LogP contribution in [0.1, 0.15) is 94.9 Å². The molecule has 0 aromatic heterocycles. The predicted molar refractivity (Wildman–Crippen MR) is 144 cm³/mol. The molecule has 7 heteroatoms. The Bertz CT molecular complexity index is 601. The minimum atomic E-state index is -0.319. The molecule has 202 valence electrons. The maximum atomic E-state index is 11.9. The average molecular weight is 485 g/mol. The standard InChI is InChI=1S/C27H56N4O3/c1-21(2)28-17-16-27(10,11)34-20-25(6,7)23(5)30-31(12)18-13-19-33-26(8,9)15-14-24(32)29-22(3)4/h21-22,28,30H,5,13-20H2,1-4,6-12H3,(H,29,32). The van der Waals surface area contributed by atoms with Gasteiger partial charge in [-0.25, -0.2) is 5.01 Å². The highest BCUT2D eigenvalue weighted by molar-refractivity contribution is 5.76. The summed E-state index contributed by atoms with van der Waals surface area (Å²) in [5.41, 5.74) is 3.63. The van der Waals surface area contributed by atoms with Crippen molar-refractivity contribution in [3.05, 3.63) is 12.3 Å². The molecule has 0 rings (SSSR count). The Balaban J connectivity index is 4.29. The van der Waals surface area contributed by atoms with E-state index in [4.69, 9.17) is 9.47 Å². The van der Waals surface area contributed by atoms with Gasteiger partial charge in [0.05, 0.1) is 17.8 Å². The fraction of sp³-hybridized carbons (Fsp3) is 0.889. The predicted octanol–water partition coefficient (Wildman–Crippen LogP) is 4.64. The summed E-state index contributed by atoms with van der Waals surface area (Å²) in [6.45, 7) is 28.2. The Morgan fingerprint density at radius 1 is 0.941 bits per heavy atom. The van der Waals surface area contributed by atoms with Crippen molar-refractivity contribution in [3.63, 3.8) is 0 Å². The summed E-state index contributed by atoms with van der Waals surface area (Å²) >= 11 is 0. The van der Waals surface area contributed by atoms with Crippen molar-refractivity contribution in [1.82, 2.24) is 21.1 Å². The average Bonchev–Trinajstić information content (AvgIpc) is 2.67. The van der Waals surface area contributed by atoms with E-state index in [0.717, 1.165) is 31.6 Å². The van der Waals surface area contributed by atoms with Gasteiger partial charge in [0.1, 0.15) is 0 Å². The number of hydrazine groups is 1. The van der Waals surface area contributed by atoms with Crippen LogP contribution in [-0.2, 0) is 14.3 Å². The van der Waals surface area contributed by atoms with E-state index < -0.39 is 0 Å². The van der Waals surface area contributed by atoms with Crippen LogP contribution in [0.15, 0.2) is 12.3 Å². The van der Waals surface area contributed by atoms with Gasteiger partial charge in [-0.3, -0.25) is 4.79 Å². The molecule has 0 unspecified atom stereocenters. The van der Waals surface area contributed by atoms with E-state index in [-0.39, 0.29) is 28.6 Å². The molecule has 0 radical (unpaired) electrons. The number of rotatable bonds is 19. The van der Waals surface area contributed by atoms with Gasteiger partial charge in [0.15, 0.2) is 0 Å². The maximum absolute atomic E-state index is 11.9. The minimum Gasteiger partial charge on any atom is -0.376 e. The highest BCUT2D eigenvalue weighted by Crippen LogP contribution is 2.27. The van der Waals surface area contributed by atoms with Crippen molar-refractivity contribution in [2.45, 2.75) is 118 Å². The molecule has 0 spiro atoms. The Kier molecular flexibility index (Phi) is 14.6. The fourth-order valence-corrected chi connectivity index (χ4v) is 3.17. The van der Waals surface area contributed by atoms with Crippen LogP contribution in [0.4, 0.5) is 0 Å². The highest BCUT2D eigenvalue weighted by atomic mass is 16.5. The lowest BCUT2D eigenvalue weighted by Crippen LogP contribution is -2.42. The van der Waals surface area contributed by atoms with Crippen LogP contribution in [-0.4, -0.2) is 67.6 Å². The summed E-state index contributed by atoms with van der Waals surface area (Å²) < 4.78 is 12.3. The zero-order valence-electron chi connectivity index (χ0n) is 24.2. The van der Waals surface area contributed by atoms with E-state index in [2.05, 4.69) is 64.2 Å². The normalized spacial score (nSPS) is 13.1. The Hall–Kier alpha value is -1.15. The smallest absolute Gasteiger partial charge is 0.220 e. The molecule has 34 heavy (non-hydrogen) atoms. The van der Waals surface area contributed by atoms with E-state index in [1.54, 1.807) is 0 Å². The number of carbonyl (C=O) groups is 1. The Morgan fingerprint density at radius 3 is 2.09 bits per heavy atom. The van der Waals surface area contributed by atoms with Crippen LogP contribution in [0.2, 0.25) is 0 Å². The Labute approximate surface area is 210 Å². The number of hydrogen-bond donors (Lipinski definition) is 3. The van der Waals surface area contributed by atoms with Gasteiger partial charge in [-0.05, 0) is 67.3 Å². The van der Waals surface area contributed by atoms with E-state index in [9.17, 15) is 4.79 Å². The first-order chi connectivity index (χ1) is 15.5. The zero-order chi connectivity index (χ0) is 26.6. The second-order valence-electron chi connectivity index (χ2n) is 12.0. The molecule has 0 atom stereocenters. The number of nitrogens with zero attached hydrogens (tertiary/aromatic N) is 1. The molecule has 0 aliphatic heterocycles. The number of hydrogen-bond acceptors (Lipinski definition) is 6. The third-order valence-electron chi connectivity index (χ3n) is 5.78. The number of amides is 1. The van der Waals surface area contributed by atoms with E-state index >= 15 is 0 Å². The third kappa shape index (κ3) is 16.5. The second-order valence-corrected chi connectivity index (χ2v) is 12.0. The number of nitrogens with one attached hydrogen (secondary N) is 3. The number of ether oxygens (including phenoxy) is 2. The lowest BCUT2D eigenvalue weighted by atomic mass is 9.90. The van der Waals surface area contributed by atoms with Crippen LogP contribution in [0.25, 0.3) is 0 Å². The van der Waals surface area contributed by atoms with Crippen molar-refractivity contribution in [2.24, 2.45) is 5.41 Å². The van der Waals surface area contributed by atoms with Crippen LogP contribution < -0.4 is 16.1 Å². The van der Waals surface area contributed by atoms with Gasteiger partial charge in [-0.1, -0.05) is 34.3 Å². The molecule has 0 aromatic rings. The molecule has 0 fully saturated rings. The third-order valence-corrected chi connectivity index (χ3v) is 5.78. The summed E-state index contributed by atoms with van der Waals surface area (Å²) in [5, 5.41) is 8.43. The molecule has 1 amide bonds. The van der Waals surface area contributed by atoms with Crippen molar-refractivity contribution < 1.29 is 14.3 Å². The van der Waals surface area contributed by atoms with Gasteiger partial charge in [0, 0.05) is 49.8 Å². The van der Waals surface area contributed by atoms with Crippen LogP contribution in [0.5, 0.6) is 0 Å². The molecule has 7 nitrogen and oxygen atoms in total. The van der Waals surface area contributed by atoms with Gasteiger partial charge >= 0.3 is 0 Å². The van der Waals surface area contributed by atoms with Crippen LogP contribution in [0.3, 0.4) is 0 Å². The summed E-state index contributed by atoms with van der Waals surface area (Å²) in [6, 6.07) is 0.656. The second kappa shape index (κ2) is 15.1. The van der Waals surface area contributed by atoms with Crippen molar-refractivity contribution in [2.75, 3.05) is 33.4 Å². The molecule has 0 bridgehead atoms. The van der Waals surface area contributed by atoms with E-state index in [1.165, 1.54) is 0 Å². The van der Waals surface area contributed by atoms with Gasteiger partial charge in [-0.2, -0.15) is 0 Å². The first kappa shape index (κ1) is 32.8. The molecule has 0 saturated heterocycles. The molecule has 0 aliphatic rings. The fourth-order valence-electron chi connectivity index (χ4n) is 3.17. The summed E-state index contributed by atoms with van der Waals surface area (Å²) in [5.74, 6) is 0.0799. The van der Waals surface area contributed by atoms with Crippen molar-refractivity contribution >= 4 is 5.91 Å². The van der Waals surface area contributed by atoms with E-state index in [0.29, 0.717) is 32.1 Å². The lowest BCUT2D eigenvalue weighted by molar-refractivity contribution is -0.123.